The molecule has 1 amide bonds. The summed E-state index contributed by atoms with van der Waals surface area (Å²) in [4.78, 5) is 29.0. The Hall–Kier alpha value is -2.71. The van der Waals surface area contributed by atoms with Crippen molar-refractivity contribution in [3.63, 3.8) is 0 Å². The molecule has 1 rings (SSSR count). The Labute approximate surface area is 114 Å². The number of ether oxygens (including phenoxy) is 1. The Morgan fingerprint density at radius 3 is 1.75 bits per heavy atom. The molecule has 0 unspecified atom stereocenters. The molecule has 0 aromatic heterocycles. The largest absolute Gasteiger partial charge is 0.444 e. The Morgan fingerprint density at radius 1 is 1.15 bits per heavy atom. The number of rotatable bonds is 2. The first-order valence-corrected chi connectivity index (χ1v) is 5.40. The van der Waals surface area contributed by atoms with E-state index in [4.69, 9.17) is 5.73 Å². The fourth-order valence-corrected chi connectivity index (χ4v) is 1.02. The van der Waals surface area contributed by atoms with Gasteiger partial charge in [-0.05, 0) is 26.8 Å². The van der Waals surface area contributed by atoms with Crippen LogP contribution in [0, 0.1) is 20.2 Å². The van der Waals surface area contributed by atoms with Gasteiger partial charge in [0.15, 0.2) is 0 Å². The molecule has 20 heavy (non-hydrogen) atoms. The van der Waals surface area contributed by atoms with E-state index >= 15 is 0 Å². The Balaban J connectivity index is 0.000000396. The van der Waals surface area contributed by atoms with Gasteiger partial charge in [-0.15, -0.1) is 0 Å². The van der Waals surface area contributed by atoms with Crippen LogP contribution in [0.1, 0.15) is 20.8 Å². The number of nitro groups is 2. The number of nitrogens with two attached hydrogens (primary N) is 1. The summed E-state index contributed by atoms with van der Waals surface area (Å²) in [7, 11) is 0. The molecule has 0 bridgehead atoms. The Bertz CT molecular complexity index is 480. The summed E-state index contributed by atoms with van der Waals surface area (Å²) in [5.74, 6) is 0. The van der Waals surface area contributed by atoms with E-state index in [-0.39, 0.29) is 11.4 Å². The van der Waals surface area contributed by atoms with Crippen LogP contribution in [-0.4, -0.2) is 21.5 Å². The Morgan fingerprint density at radius 2 is 1.55 bits per heavy atom. The zero-order valence-corrected chi connectivity index (χ0v) is 11.2. The Kier molecular flexibility index (Phi) is 6.07. The third kappa shape index (κ3) is 7.58. The number of amides is 1. The third-order valence-corrected chi connectivity index (χ3v) is 1.66. The standard InChI is InChI=1S/C6H4N2O4.C5H11NO2/c9-7(10)5-2-1-3-6(4-5)8(11)12;1-5(2,3)8-4(6)7/h1-4H;1-3H3,(H2,6,7). The quantitative estimate of drug-likeness (QED) is 0.653. The van der Waals surface area contributed by atoms with Gasteiger partial charge in [0, 0.05) is 12.1 Å². The van der Waals surface area contributed by atoms with Gasteiger partial charge >= 0.3 is 6.09 Å². The molecule has 110 valence electrons. The summed E-state index contributed by atoms with van der Waals surface area (Å²) in [5, 5.41) is 20.3. The van der Waals surface area contributed by atoms with Gasteiger partial charge in [0.1, 0.15) is 5.60 Å². The highest BCUT2D eigenvalue weighted by molar-refractivity contribution is 5.65. The van der Waals surface area contributed by atoms with Crippen LogP contribution in [0.15, 0.2) is 24.3 Å². The summed E-state index contributed by atoms with van der Waals surface area (Å²) >= 11 is 0. The molecule has 0 atom stereocenters. The molecule has 0 saturated heterocycles. The summed E-state index contributed by atoms with van der Waals surface area (Å²) in [5.41, 5.74) is 3.72. The molecule has 9 heteroatoms. The van der Waals surface area contributed by atoms with E-state index in [1.807, 2.05) is 0 Å². The number of primary amides is 1. The number of non-ortho nitro benzene ring substituents is 2. The van der Waals surface area contributed by atoms with Crippen LogP contribution in [0.5, 0.6) is 0 Å². The average molecular weight is 285 g/mol. The van der Waals surface area contributed by atoms with Crippen molar-refractivity contribution in [2.75, 3.05) is 0 Å². The smallest absolute Gasteiger partial charge is 0.405 e. The molecule has 1 aromatic rings. The second kappa shape index (κ2) is 7.02. The van der Waals surface area contributed by atoms with E-state index in [0.717, 1.165) is 6.07 Å². The second-order valence-electron chi connectivity index (χ2n) is 4.57. The van der Waals surface area contributed by atoms with Crippen molar-refractivity contribution >= 4 is 17.5 Å². The first-order valence-electron chi connectivity index (χ1n) is 5.40. The lowest BCUT2D eigenvalue weighted by Crippen LogP contribution is -2.27. The molecule has 2 N–H and O–H groups in total. The van der Waals surface area contributed by atoms with Crippen molar-refractivity contribution < 1.29 is 19.4 Å². The SMILES string of the molecule is CC(C)(C)OC(N)=O.O=[N+]([O-])c1cccc([N+](=O)[O-])c1. The number of nitro benzene ring substituents is 2. The molecule has 0 heterocycles. The highest BCUT2D eigenvalue weighted by Crippen LogP contribution is 2.18. The molecule has 0 aliphatic carbocycles. The van der Waals surface area contributed by atoms with Crippen molar-refractivity contribution in [2.24, 2.45) is 5.73 Å². The average Bonchev–Trinajstić information content (AvgIpc) is 2.26. The summed E-state index contributed by atoms with van der Waals surface area (Å²) < 4.78 is 4.58. The zero-order chi connectivity index (χ0) is 15.9. The van der Waals surface area contributed by atoms with Gasteiger partial charge in [-0.1, -0.05) is 0 Å². The van der Waals surface area contributed by atoms with Crippen LogP contribution in [0.3, 0.4) is 0 Å². The van der Waals surface area contributed by atoms with Crippen LogP contribution in [-0.2, 0) is 4.74 Å². The predicted molar refractivity (Wildman–Crippen MR) is 70.2 cm³/mol. The van der Waals surface area contributed by atoms with Crippen molar-refractivity contribution in [2.45, 2.75) is 26.4 Å². The van der Waals surface area contributed by atoms with Crippen molar-refractivity contribution in [1.82, 2.24) is 0 Å². The minimum Gasteiger partial charge on any atom is -0.444 e. The monoisotopic (exact) mass is 285 g/mol. The van der Waals surface area contributed by atoms with E-state index < -0.39 is 21.5 Å². The van der Waals surface area contributed by atoms with E-state index in [9.17, 15) is 25.0 Å². The van der Waals surface area contributed by atoms with Crippen LogP contribution in [0.4, 0.5) is 16.2 Å². The highest BCUT2D eigenvalue weighted by atomic mass is 16.6. The number of hydrogen-bond acceptors (Lipinski definition) is 6. The van der Waals surface area contributed by atoms with Gasteiger partial charge < -0.3 is 10.5 Å². The van der Waals surface area contributed by atoms with Gasteiger partial charge in [0.2, 0.25) is 0 Å². The van der Waals surface area contributed by atoms with Gasteiger partial charge in [-0.2, -0.15) is 0 Å². The summed E-state index contributed by atoms with van der Waals surface area (Å²) in [6, 6.07) is 4.59. The first kappa shape index (κ1) is 17.3. The lowest BCUT2D eigenvalue weighted by atomic mass is 10.2. The number of hydrogen-bond donors (Lipinski definition) is 1. The fourth-order valence-electron chi connectivity index (χ4n) is 1.02. The van der Waals surface area contributed by atoms with Crippen LogP contribution in [0.2, 0.25) is 0 Å². The molecular weight excluding hydrogens is 270 g/mol. The third-order valence-electron chi connectivity index (χ3n) is 1.66. The van der Waals surface area contributed by atoms with Crippen molar-refractivity contribution in [1.29, 1.82) is 0 Å². The second-order valence-corrected chi connectivity index (χ2v) is 4.57. The van der Waals surface area contributed by atoms with E-state index in [0.29, 0.717) is 0 Å². The number of benzene rings is 1. The highest BCUT2D eigenvalue weighted by Gasteiger charge is 2.12. The zero-order valence-electron chi connectivity index (χ0n) is 11.2. The van der Waals surface area contributed by atoms with E-state index in [1.54, 1.807) is 20.8 Å². The fraction of sp³-hybridized carbons (Fsp3) is 0.364. The van der Waals surface area contributed by atoms with Crippen LogP contribution < -0.4 is 5.73 Å². The number of nitrogens with zero attached hydrogens (tertiary/aromatic N) is 2. The summed E-state index contributed by atoms with van der Waals surface area (Å²) in [6.45, 7) is 5.28. The molecule has 0 spiro atoms. The van der Waals surface area contributed by atoms with Gasteiger partial charge in [0.25, 0.3) is 11.4 Å². The molecule has 0 radical (unpaired) electrons. The minimum absolute atomic E-state index is 0.274. The first-order chi connectivity index (χ1) is 9.03. The van der Waals surface area contributed by atoms with Crippen LogP contribution in [0.25, 0.3) is 0 Å². The molecule has 0 fully saturated rings. The maximum atomic E-state index is 10.2. The lowest BCUT2D eigenvalue weighted by Gasteiger charge is -2.16. The molecule has 0 aliphatic rings. The van der Waals surface area contributed by atoms with Gasteiger partial charge in [-0.3, -0.25) is 20.2 Å². The normalized spacial score (nSPS) is 9.95. The van der Waals surface area contributed by atoms with Gasteiger partial charge in [-0.25, -0.2) is 4.79 Å². The number of carbonyl (C=O) groups is 1. The molecule has 1 aromatic carbocycles. The summed E-state index contributed by atoms with van der Waals surface area (Å²) in [6.07, 6.45) is -0.725. The van der Waals surface area contributed by atoms with E-state index in [1.165, 1.54) is 18.2 Å². The lowest BCUT2D eigenvalue weighted by molar-refractivity contribution is -0.394. The molecule has 9 nitrogen and oxygen atoms in total. The van der Waals surface area contributed by atoms with E-state index in [2.05, 4.69) is 4.74 Å². The number of carbonyl (C=O) groups excluding carboxylic acids is 1. The van der Waals surface area contributed by atoms with Gasteiger partial charge in [0.05, 0.1) is 15.9 Å². The molecular formula is C11H15N3O6. The van der Waals surface area contributed by atoms with Crippen molar-refractivity contribution in [3.8, 4) is 0 Å². The molecule has 0 saturated carbocycles. The maximum Gasteiger partial charge on any atom is 0.405 e. The topological polar surface area (TPSA) is 139 Å². The molecule has 0 aliphatic heterocycles. The maximum absolute atomic E-state index is 10.2. The van der Waals surface area contributed by atoms with Crippen molar-refractivity contribution in [3.05, 3.63) is 44.5 Å². The van der Waals surface area contributed by atoms with Crippen LogP contribution >= 0.6 is 0 Å². The minimum atomic E-state index is -0.725. The predicted octanol–water partition coefficient (Wildman–Crippen LogP) is 2.38.